The van der Waals surface area contributed by atoms with Gasteiger partial charge in [-0.05, 0) is 25.7 Å². The van der Waals surface area contributed by atoms with Crippen LogP contribution in [0.5, 0.6) is 0 Å². The summed E-state index contributed by atoms with van der Waals surface area (Å²) in [5, 5.41) is 9.24. The molecule has 1 aromatic rings. The standard InChI is InChI=1S/C15H26N4O3/c1-11-5-3-4-6-13(11)21-10-9-17-15(20)16-8-7-14-18-12(2)19-22-14/h11,13H,3-10H2,1-2H3,(H2,16,17,20). The Hall–Kier alpha value is -1.63. The van der Waals surface area contributed by atoms with E-state index in [4.69, 9.17) is 9.26 Å². The Balaban J connectivity index is 1.50. The summed E-state index contributed by atoms with van der Waals surface area (Å²) in [4.78, 5) is 15.7. The third kappa shape index (κ3) is 5.63. The third-order valence-corrected chi connectivity index (χ3v) is 3.95. The van der Waals surface area contributed by atoms with Gasteiger partial charge < -0.3 is 19.9 Å². The van der Waals surface area contributed by atoms with Gasteiger partial charge >= 0.3 is 6.03 Å². The molecule has 0 spiro atoms. The van der Waals surface area contributed by atoms with Crippen LogP contribution in [0.1, 0.15) is 44.3 Å². The molecule has 2 N–H and O–H groups in total. The van der Waals surface area contributed by atoms with Crippen molar-refractivity contribution in [2.45, 2.75) is 52.1 Å². The minimum Gasteiger partial charge on any atom is -0.376 e. The van der Waals surface area contributed by atoms with E-state index in [9.17, 15) is 4.79 Å². The molecule has 1 aliphatic carbocycles. The summed E-state index contributed by atoms with van der Waals surface area (Å²) < 4.78 is 10.8. The Labute approximate surface area is 131 Å². The van der Waals surface area contributed by atoms with Gasteiger partial charge in [0.25, 0.3) is 0 Å². The first-order valence-corrected chi connectivity index (χ1v) is 8.07. The molecule has 0 bridgehead atoms. The molecule has 1 heterocycles. The average Bonchev–Trinajstić information content (AvgIpc) is 2.91. The molecule has 2 amide bonds. The van der Waals surface area contributed by atoms with Gasteiger partial charge in [-0.1, -0.05) is 24.9 Å². The van der Waals surface area contributed by atoms with Gasteiger partial charge in [-0.25, -0.2) is 4.79 Å². The van der Waals surface area contributed by atoms with Crippen molar-refractivity contribution >= 4 is 6.03 Å². The van der Waals surface area contributed by atoms with Crippen molar-refractivity contribution in [3.63, 3.8) is 0 Å². The fourth-order valence-electron chi connectivity index (χ4n) is 2.69. The van der Waals surface area contributed by atoms with Gasteiger partial charge in [0.1, 0.15) is 0 Å². The SMILES string of the molecule is Cc1noc(CCNC(=O)NCCOC2CCCCC2C)n1. The summed E-state index contributed by atoms with van der Waals surface area (Å²) in [6.45, 7) is 5.55. The Bertz CT molecular complexity index is 463. The summed E-state index contributed by atoms with van der Waals surface area (Å²) in [7, 11) is 0. The molecule has 7 heteroatoms. The van der Waals surface area contributed by atoms with Crippen molar-refractivity contribution < 1.29 is 14.1 Å². The number of carbonyl (C=O) groups is 1. The smallest absolute Gasteiger partial charge is 0.314 e. The number of carbonyl (C=O) groups excluding carboxylic acids is 1. The van der Waals surface area contributed by atoms with Crippen LogP contribution in [0.4, 0.5) is 4.79 Å². The second kappa shape index (κ2) is 8.73. The second-order valence-corrected chi connectivity index (χ2v) is 5.84. The van der Waals surface area contributed by atoms with E-state index in [1.165, 1.54) is 19.3 Å². The number of nitrogens with zero attached hydrogens (tertiary/aromatic N) is 2. The molecule has 0 radical (unpaired) electrons. The van der Waals surface area contributed by atoms with Crippen molar-refractivity contribution in [3.8, 4) is 0 Å². The quantitative estimate of drug-likeness (QED) is 0.750. The predicted molar refractivity (Wildman–Crippen MR) is 81.5 cm³/mol. The van der Waals surface area contributed by atoms with Crippen LogP contribution < -0.4 is 10.6 Å². The van der Waals surface area contributed by atoms with Gasteiger partial charge in [0, 0.05) is 19.5 Å². The zero-order valence-corrected chi connectivity index (χ0v) is 13.4. The number of aromatic nitrogens is 2. The lowest BCUT2D eigenvalue weighted by Crippen LogP contribution is -2.39. The van der Waals surface area contributed by atoms with Gasteiger partial charge in [-0.15, -0.1) is 0 Å². The van der Waals surface area contributed by atoms with Crippen LogP contribution in [0.2, 0.25) is 0 Å². The molecule has 0 saturated heterocycles. The van der Waals surface area contributed by atoms with Crippen LogP contribution in [-0.2, 0) is 11.2 Å². The van der Waals surface area contributed by atoms with Crippen LogP contribution in [0.15, 0.2) is 4.52 Å². The number of aryl methyl sites for hydroxylation is 1. The Morgan fingerprint density at radius 2 is 2.09 bits per heavy atom. The second-order valence-electron chi connectivity index (χ2n) is 5.84. The molecule has 2 rings (SSSR count). The monoisotopic (exact) mass is 310 g/mol. The van der Waals surface area contributed by atoms with E-state index in [2.05, 4.69) is 27.7 Å². The molecule has 0 aliphatic heterocycles. The minimum absolute atomic E-state index is 0.198. The maximum atomic E-state index is 11.6. The summed E-state index contributed by atoms with van der Waals surface area (Å²) in [5.74, 6) is 1.77. The first-order chi connectivity index (χ1) is 10.6. The van der Waals surface area contributed by atoms with Crippen molar-refractivity contribution in [3.05, 3.63) is 11.7 Å². The van der Waals surface area contributed by atoms with E-state index in [-0.39, 0.29) is 6.03 Å². The van der Waals surface area contributed by atoms with Gasteiger partial charge in [0.05, 0.1) is 12.7 Å². The first kappa shape index (κ1) is 16.7. The number of amides is 2. The summed E-state index contributed by atoms with van der Waals surface area (Å²) in [6.07, 6.45) is 5.81. The molecule has 1 aliphatic rings. The Morgan fingerprint density at radius 3 is 2.82 bits per heavy atom. The number of ether oxygens (including phenoxy) is 1. The predicted octanol–water partition coefficient (Wildman–Crippen LogP) is 1.82. The largest absolute Gasteiger partial charge is 0.376 e. The maximum Gasteiger partial charge on any atom is 0.314 e. The van der Waals surface area contributed by atoms with E-state index < -0.39 is 0 Å². The third-order valence-electron chi connectivity index (χ3n) is 3.95. The molecule has 22 heavy (non-hydrogen) atoms. The van der Waals surface area contributed by atoms with Crippen LogP contribution in [0.3, 0.4) is 0 Å². The van der Waals surface area contributed by atoms with E-state index >= 15 is 0 Å². The highest BCUT2D eigenvalue weighted by Crippen LogP contribution is 2.25. The van der Waals surface area contributed by atoms with Crippen molar-refractivity contribution in [1.29, 1.82) is 0 Å². The fraction of sp³-hybridized carbons (Fsp3) is 0.800. The summed E-state index contributed by atoms with van der Waals surface area (Å²) in [5.41, 5.74) is 0. The average molecular weight is 310 g/mol. The number of nitrogens with one attached hydrogen (secondary N) is 2. The lowest BCUT2D eigenvalue weighted by Gasteiger charge is -2.28. The molecule has 2 unspecified atom stereocenters. The minimum atomic E-state index is -0.198. The number of rotatable bonds is 7. The Kier molecular flexibility index (Phi) is 6.64. The number of urea groups is 1. The van der Waals surface area contributed by atoms with Crippen LogP contribution >= 0.6 is 0 Å². The fourth-order valence-corrected chi connectivity index (χ4v) is 2.69. The highest BCUT2D eigenvalue weighted by Gasteiger charge is 2.21. The van der Waals surface area contributed by atoms with E-state index in [1.54, 1.807) is 6.92 Å². The van der Waals surface area contributed by atoms with Gasteiger partial charge in [0.15, 0.2) is 5.82 Å². The van der Waals surface area contributed by atoms with Gasteiger partial charge in [-0.2, -0.15) is 4.98 Å². The van der Waals surface area contributed by atoms with E-state index in [1.807, 2.05) is 0 Å². The molecule has 2 atom stereocenters. The molecule has 124 valence electrons. The molecule has 1 saturated carbocycles. The molecule has 0 aromatic carbocycles. The van der Waals surface area contributed by atoms with Crippen LogP contribution in [-0.4, -0.2) is 42.0 Å². The molecule has 1 aromatic heterocycles. The lowest BCUT2D eigenvalue weighted by atomic mass is 9.88. The highest BCUT2D eigenvalue weighted by molar-refractivity contribution is 5.73. The van der Waals surface area contributed by atoms with Crippen LogP contribution in [0, 0.1) is 12.8 Å². The van der Waals surface area contributed by atoms with E-state index in [0.717, 1.165) is 6.42 Å². The molecular formula is C15H26N4O3. The van der Waals surface area contributed by atoms with Crippen LogP contribution in [0.25, 0.3) is 0 Å². The van der Waals surface area contributed by atoms with E-state index in [0.29, 0.717) is 49.9 Å². The normalized spacial score (nSPS) is 21.5. The zero-order valence-electron chi connectivity index (χ0n) is 13.4. The summed E-state index contributed by atoms with van der Waals surface area (Å²) in [6, 6.07) is -0.198. The van der Waals surface area contributed by atoms with Crippen molar-refractivity contribution in [1.82, 2.24) is 20.8 Å². The molecular weight excluding hydrogens is 284 g/mol. The first-order valence-electron chi connectivity index (χ1n) is 8.07. The van der Waals surface area contributed by atoms with Crippen molar-refractivity contribution in [2.75, 3.05) is 19.7 Å². The van der Waals surface area contributed by atoms with Gasteiger partial charge in [0.2, 0.25) is 5.89 Å². The number of hydrogen-bond donors (Lipinski definition) is 2. The number of hydrogen-bond acceptors (Lipinski definition) is 5. The summed E-state index contributed by atoms with van der Waals surface area (Å²) >= 11 is 0. The molecule has 7 nitrogen and oxygen atoms in total. The molecule has 1 fully saturated rings. The van der Waals surface area contributed by atoms with Gasteiger partial charge in [-0.3, -0.25) is 0 Å². The maximum absolute atomic E-state index is 11.6. The highest BCUT2D eigenvalue weighted by atomic mass is 16.5. The topological polar surface area (TPSA) is 89.3 Å². The Morgan fingerprint density at radius 1 is 1.32 bits per heavy atom. The lowest BCUT2D eigenvalue weighted by molar-refractivity contribution is -0.00242. The zero-order chi connectivity index (χ0) is 15.8. The van der Waals surface area contributed by atoms with Crippen molar-refractivity contribution in [2.24, 2.45) is 5.92 Å².